The van der Waals surface area contributed by atoms with E-state index >= 15 is 0 Å². The average Bonchev–Trinajstić information content (AvgIpc) is 3.32. The number of carboxylic acid groups (broad SMARTS) is 2. The number of aromatic nitrogens is 3. The number of hydrogen-bond acceptors (Lipinski definition) is 2. The molecule has 0 radical (unpaired) electrons. The number of carbonyl (C=O) groups is 2. The molecular weight excluding hydrogens is 584 g/mol. The molecule has 6 rings (SSSR count). The van der Waals surface area contributed by atoms with Crippen molar-refractivity contribution in [2.75, 3.05) is 0 Å². The molecule has 3 aromatic rings. The van der Waals surface area contributed by atoms with Gasteiger partial charge < -0.3 is 30.5 Å². The van der Waals surface area contributed by atoms with Crippen LogP contribution in [0.5, 0.6) is 0 Å². The van der Waals surface area contributed by atoms with Crippen LogP contribution in [0, 0.1) is 38.0 Å². The van der Waals surface area contributed by atoms with Gasteiger partial charge in [-0.25, -0.2) is 0 Å². The first kappa shape index (κ1) is 30.5. The second-order valence-electron chi connectivity index (χ2n) is 11.7. The molecule has 8 nitrogen and oxygen atoms in total. The van der Waals surface area contributed by atoms with Gasteiger partial charge in [-0.2, -0.15) is 11.4 Å². The summed E-state index contributed by atoms with van der Waals surface area (Å²) < 4.78 is 0. The Morgan fingerprint density at radius 3 is 2.14 bits per heavy atom. The predicted molar refractivity (Wildman–Crippen MR) is 162 cm³/mol. The Hall–Kier alpha value is -3.94. The third-order valence-corrected chi connectivity index (χ3v) is 9.57. The summed E-state index contributed by atoms with van der Waals surface area (Å²) >= 11 is 0. The maximum absolute atomic E-state index is 12.3. The van der Waals surface area contributed by atoms with E-state index in [1.165, 1.54) is 0 Å². The van der Waals surface area contributed by atoms with Crippen LogP contribution < -0.4 is 25.7 Å². The van der Waals surface area contributed by atoms with Gasteiger partial charge in [0, 0.05) is 6.42 Å². The number of nitrogens with zero attached hydrogens (tertiary/aromatic N) is 4. The van der Waals surface area contributed by atoms with E-state index in [0.717, 1.165) is 67.6 Å². The largest absolute Gasteiger partial charge is 4.00 e. The third kappa shape index (κ3) is 4.75. The number of allylic oxidation sites excluding steroid dienone is 2. The Balaban J connectivity index is 0.00000368. The van der Waals surface area contributed by atoms with Crippen LogP contribution in [-0.2, 0) is 39.5 Å². The van der Waals surface area contributed by atoms with E-state index in [0.29, 0.717) is 29.9 Å². The average molecular weight is 619 g/mol. The minimum absolute atomic E-state index is 0. The van der Waals surface area contributed by atoms with Crippen LogP contribution in [-0.4, -0.2) is 22.2 Å². The van der Waals surface area contributed by atoms with Crippen molar-refractivity contribution in [1.82, 2.24) is 15.0 Å². The van der Waals surface area contributed by atoms with Crippen molar-refractivity contribution in [3.8, 4) is 0 Å². The van der Waals surface area contributed by atoms with Gasteiger partial charge in [0.25, 0.3) is 0 Å². The molecule has 8 bridgehead atoms. The Morgan fingerprint density at radius 2 is 1.56 bits per heavy atom. The van der Waals surface area contributed by atoms with Crippen LogP contribution in [0.2, 0.25) is 0 Å². The maximum atomic E-state index is 12.3. The van der Waals surface area contributed by atoms with Crippen LogP contribution in [0.15, 0.2) is 18.0 Å². The van der Waals surface area contributed by atoms with Gasteiger partial charge in [0.15, 0.2) is 0 Å². The number of rotatable bonds is 6. The molecule has 3 aliphatic rings. The third-order valence-electron chi connectivity index (χ3n) is 9.57. The standard InChI is InChI=1S/C34H34N4O4.Fe/c1-7-20-16(3)24-11-25-18(5)22(9-10-32(39)40)30(37-25)14-31-34(15-23(34)33(41)42)19(6)27(38-31)13-29-21(8-2)17(4)26(36-29)12-28(20)35-24;/h7,11-14,19,23H,1,8-10,15H2,2-6H3,(H,39,40)(H,41,42);/q-4;+4/b24-11-,27-13-,28-12-,31-14-;. The summed E-state index contributed by atoms with van der Waals surface area (Å²) in [5.74, 6) is -2.40. The van der Waals surface area contributed by atoms with E-state index in [1.54, 1.807) is 0 Å². The molecule has 222 valence electrons. The fourth-order valence-electron chi connectivity index (χ4n) is 6.91. The van der Waals surface area contributed by atoms with Crippen LogP contribution in [0.3, 0.4) is 0 Å². The second-order valence-corrected chi connectivity index (χ2v) is 11.7. The van der Waals surface area contributed by atoms with Gasteiger partial charge >= 0.3 is 29.0 Å². The van der Waals surface area contributed by atoms with Crippen LogP contribution in [0.4, 0.5) is 0 Å². The van der Waals surface area contributed by atoms with Gasteiger partial charge in [0.05, 0.1) is 5.92 Å². The van der Waals surface area contributed by atoms with E-state index in [9.17, 15) is 19.8 Å². The van der Waals surface area contributed by atoms with E-state index < -0.39 is 23.3 Å². The molecule has 3 atom stereocenters. The summed E-state index contributed by atoms with van der Waals surface area (Å²) in [6.07, 6.45) is 11.2. The molecule has 2 fully saturated rings. The minimum Gasteiger partial charge on any atom is -0.664 e. The first-order valence-electron chi connectivity index (χ1n) is 14.4. The molecule has 0 amide bonds. The smallest absolute Gasteiger partial charge is 0.664 e. The van der Waals surface area contributed by atoms with Gasteiger partial charge in [0.2, 0.25) is 0 Å². The normalized spacial score (nSPS) is 25.6. The van der Waals surface area contributed by atoms with Crippen LogP contribution in [0.25, 0.3) is 35.7 Å². The zero-order chi connectivity index (χ0) is 30.1. The number of fused-ring (bicyclic) bond motifs is 9. The number of carboxylic acids is 2. The van der Waals surface area contributed by atoms with Gasteiger partial charge in [-0.3, -0.25) is 9.59 Å². The first-order chi connectivity index (χ1) is 20.0. The van der Waals surface area contributed by atoms with Crippen molar-refractivity contribution in [2.45, 2.75) is 60.3 Å². The summed E-state index contributed by atoms with van der Waals surface area (Å²) in [6.45, 7) is 14.2. The summed E-state index contributed by atoms with van der Waals surface area (Å²) in [7, 11) is 0. The molecule has 2 N–H and O–H groups in total. The minimum atomic E-state index is -0.889. The molecule has 9 heteroatoms. The van der Waals surface area contributed by atoms with Crippen LogP contribution in [0.1, 0.15) is 82.8 Å². The van der Waals surface area contributed by atoms with Crippen molar-refractivity contribution in [2.24, 2.45) is 17.3 Å². The zero-order valence-corrected chi connectivity index (χ0v) is 26.0. The Labute approximate surface area is 261 Å². The van der Waals surface area contributed by atoms with Crippen molar-refractivity contribution in [3.63, 3.8) is 0 Å². The van der Waals surface area contributed by atoms with Crippen molar-refractivity contribution >= 4 is 42.3 Å². The molecule has 43 heavy (non-hydrogen) atoms. The summed E-state index contributed by atoms with van der Waals surface area (Å²) in [5, 5.41) is 26.1. The van der Waals surface area contributed by atoms with Gasteiger partial charge in [0.1, 0.15) is 0 Å². The van der Waals surface area contributed by atoms with Gasteiger partial charge in [-0.1, -0.05) is 78.6 Å². The Morgan fingerprint density at radius 1 is 0.930 bits per heavy atom. The molecule has 1 aliphatic carbocycles. The van der Waals surface area contributed by atoms with Crippen LogP contribution >= 0.6 is 0 Å². The molecule has 2 aliphatic heterocycles. The van der Waals surface area contributed by atoms with Crippen molar-refractivity contribution in [1.29, 1.82) is 0 Å². The molecule has 3 unspecified atom stereocenters. The molecular formula is C34H34FeN4O4. The van der Waals surface area contributed by atoms with E-state index in [4.69, 9.17) is 20.3 Å². The first-order valence-corrected chi connectivity index (χ1v) is 14.4. The molecule has 1 saturated carbocycles. The Bertz CT molecular complexity index is 1870. The summed E-state index contributed by atoms with van der Waals surface area (Å²) in [5.41, 5.74) is 9.70. The van der Waals surface area contributed by atoms with Crippen molar-refractivity contribution in [3.05, 3.63) is 90.1 Å². The van der Waals surface area contributed by atoms with Gasteiger partial charge in [-0.05, 0) is 56.9 Å². The zero-order valence-electron chi connectivity index (χ0n) is 24.9. The molecule has 1 saturated heterocycles. The number of hydrogen-bond donors (Lipinski definition) is 2. The second kappa shape index (κ2) is 11.0. The predicted octanol–water partition coefficient (Wildman–Crippen LogP) is 4.17. The number of aliphatic carboxylic acids is 2. The SMILES string of the molecule is C=Cc1c(C)/c2[n-]/c1=C\c1[n-]c(c(CC)c1C)/C=C1\[N-]/C(=C\c3[n-]c(c(C)c3CCC(=O)O)\C=2)C2(CC2C(=O)O)C1C.[Fe+4]. The molecule has 5 heterocycles. The maximum Gasteiger partial charge on any atom is 4.00 e. The fourth-order valence-corrected chi connectivity index (χ4v) is 6.91. The monoisotopic (exact) mass is 618 g/mol. The quantitative estimate of drug-likeness (QED) is 0.397. The molecule has 0 aromatic carbocycles. The van der Waals surface area contributed by atoms with E-state index in [-0.39, 0.29) is 29.4 Å². The summed E-state index contributed by atoms with van der Waals surface area (Å²) in [6, 6.07) is 0. The summed E-state index contributed by atoms with van der Waals surface area (Å²) in [4.78, 5) is 38.7. The topological polar surface area (TPSA) is 131 Å². The van der Waals surface area contributed by atoms with E-state index in [2.05, 4.69) is 20.4 Å². The van der Waals surface area contributed by atoms with E-state index in [1.807, 2.05) is 51.2 Å². The fraction of sp³-hybridized carbons (Fsp3) is 0.353. The molecule has 1 spiro atoms. The van der Waals surface area contributed by atoms with Gasteiger partial charge in [-0.15, -0.1) is 33.5 Å². The van der Waals surface area contributed by atoms with Crippen molar-refractivity contribution < 1.29 is 36.9 Å². The molecule has 3 aromatic heterocycles. The Kier molecular flexibility index (Phi) is 7.78.